The van der Waals surface area contributed by atoms with Crippen LogP contribution in [-0.2, 0) is 4.43 Å². The van der Waals surface area contributed by atoms with Crippen molar-refractivity contribution in [1.82, 2.24) is 21.5 Å². The molecule has 1 atom stereocenters. The smallest absolute Gasteiger partial charge is 0.256 e. The minimum Gasteiger partial charge on any atom is -0.408 e. The fourth-order valence-corrected chi connectivity index (χ4v) is 10.1. The second kappa shape index (κ2) is 15.4. The fourth-order valence-electron chi connectivity index (χ4n) is 5.12. The number of hydrazone groups is 2. The first-order chi connectivity index (χ1) is 19.2. The first-order valence-corrected chi connectivity index (χ1v) is 17.1. The topological polar surface area (TPSA) is 82.1 Å². The Morgan fingerprint density at radius 1 is 0.875 bits per heavy atom. The molecule has 1 aliphatic carbocycles. The molecule has 0 aliphatic heterocycles. The Morgan fingerprint density at radius 2 is 1.40 bits per heavy atom. The van der Waals surface area contributed by atoms with Crippen LogP contribution in [0.15, 0.2) is 70.9 Å². The number of thiocarbonyl (C=S) groups is 2. The van der Waals surface area contributed by atoms with E-state index in [1.165, 1.54) is 10.4 Å². The quantitative estimate of drug-likeness (QED) is 0.175. The van der Waals surface area contributed by atoms with Gasteiger partial charge < -0.3 is 15.1 Å². The molecule has 0 bridgehead atoms. The molecule has 10 heteroatoms. The Morgan fingerprint density at radius 3 is 1.90 bits per heavy atom. The van der Waals surface area contributed by atoms with E-state index in [1.54, 1.807) is 0 Å². The molecular formula is C30H44N6OS2Si. The van der Waals surface area contributed by atoms with Crippen LogP contribution in [0.4, 0.5) is 0 Å². The molecule has 2 aromatic carbocycles. The molecule has 0 aromatic heterocycles. The first-order valence-electron chi connectivity index (χ1n) is 14.2. The molecule has 0 radical (unpaired) electrons. The van der Waals surface area contributed by atoms with Gasteiger partial charge in [-0.3, -0.25) is 10.9 Å². The van der Waals surface area contributed by atoms with Crippen molar-refractivity contribution in [2.75, 3.05) is 19.7 Å². The standard InChI is InChI=1S/C30H44N6OS2Si/c1-6-31-28(38)35-33-26-19-18-23(27(26)34-36-29(39)32-7-2)20-21-37-40(22-30(3,4)5,24-14-10-8-11-15-24)25-16-12-9-13-17-25/h8-17,23H,6-7,18-22H2,1-5H3,(H2,31,35,38)(H2,32,36,39)/b33-26+,34-27+. The molecule has 3 rings (SSSR count). The van der Waals surface area contributed by atoms with Crippen molar-refractivity contribution in [3.63, 3.8) is 0 Å². The lowest BCUT2D eigenvalue weighted by Crippen LogP contribution is -2.62. The molecule has 216 valence electrons. The van der Waals surface area contributed by atoms with Gasteiger partial charge >= 0.3 is 0 Å². The summed E-state index contributed by atoms with van der Waals surface area (Å²) in [7, 11) is -2.53. The van der Waals surface area contributed by atoms with E-state index >= 15 is 0 Å². The molecule has 0 heterocycles. The molecule has 0 amide bonds. The SMILES string of the molecule is CCNC(=S)N/N=C1\CCC(CCO[Si](CC(C)(C)C)(c2ccccc2)c2ccccc2)\C1=N/NC(=S)NCC. The van der Waals surface area contributed by atoms with Gasteiger partial charge in [0.1, 0.15) is 0 Å². The molecule has 1 unspecified atom stereocenters. The molecule has 4 N–H and O–H groups in total. The summed E-state index contributed by atoms with van der Waals surface area (Å²) < 4.78 is 7.16. The average Bonchev–Trinajstić information content (AvgIpc) is 3.32. The molecule has 40 heavy (non-hydrogen) atoms. The molecular weight excluding hydrogens is 553 g/mol. The van der Waals surface area contributed by atoms with Crippen LogP contribution in [0.2, 0.25) is 6.04 Å². The lowest BCUT2D eigenvalue weighted by Gasteiger charge is -2.37. The summed E-state index contributed by atoms with van der Waals surface area (Å²) in [6.45, 7) is 13.0. The summed E-state index contributed by atoms with van der Waals surface area (Å²) in [5, 5.41) is 19.1. The summed E-state index contributed by atoms with van der Waals surface area (Å²) in [4.78, 5) is 0. The summed E-state index contributed by atoms with van der Waals surface area (Å²) in [6, 6.07) is 22.6. The Bertz CT molecular complexity index is 1130. The van der Waals surface area contributed by atoms with Crippen molar-refractivity contribution in [3.05, 3.63) is 60.7 Å². The zero-order valence-electron chi connectivity index (χ0n) is 24.4. The van der Waals surface area contributed by atoms with Gasteiger partial charge in [-0.2, -0.15) is 10.2 Å². The van der Waals surface area contributed by atoms with Crippen LogP contribution in [-0.4, -0.2) is 49.7 Å². The van der Waals surface area contributed by atoms with Crippen LogP contribution in [0.3, 0.4) is 0 Å². The van der Waals surface area contributed by atoms with Crippen molar-refractivity contribution in [2.24, 2.45) is 21.5 Å². The molecule has 7 nitrogen and oxygen atoms in total. The monoisotopic (exact) mass is 596 g/mol. The van der Waals surface area contributed by atoms with Crippen LogP contribution in [0, 0.1) is 11.3 Å². The van der Waals surface area contributed by atoms with E-state index in [2.05, 4.69) is 108 Å². The van der Waals surface area contributed by atoms with Crippen molar-refractivity contribution in [1.29, 1.82) is 0 Å². The average molecular weight is 597 g/mol. The zero-order valence-corrected chi connectivity index (χ0v) is 27.1. The van der Waals surface area contributed by atoms with Gasteiger partial charge in [0, 0.05) is 25.6 Å². The number of nitrogens with one attached hydrogen (secondary N) is 4. The van der Waals surface area contributed by atoms with Crippen LogP contribution >= 0.6 is 24.4 Å². The van der Waals surface area contributed by atoms with E-state index in [0.717, 1.165) is 49.8 Å². The highest BCUT2D eigenvalue weighted by Gasteiger charge is 2.43. The van der Waals surface area contributed by atoms with Gasteiger partial charge in [0.05, 0.1) is 11.4 Å². The Balaban J connectivity index is 1.87. The normalized spacial score (nSPS) is 17.6. The van der Waals surface area contributed by atoms with Gasteiger partial charge in [-0.25, -0.2) is 0 Å². The lowest BCUT2D eigenvalue weighted by atomic mass is 10.0. The van der Waals surface area contributed by atoms with Crippen LogP contribution in [0.5, 0.6) is 0 Å². The highest BCUT2D eigenvalue weighted by Crippen LogP contribution is 2.30. The van der Waals surface area contributed by atoms with Gasteiger partial charge in [0.25, 0.3) is 8.32 Å². The minimum absolute atomic E-state index is 0.0974. The largest absolute Gasteiger partial charge is 0.408 e. The third-order valence-corrected chi connectivity index (χ3v) is 12.0. The Kier molecular flexibility index (Phi) is 12.2. The number of nitrogens with zero attached hydrogens (tertiary/aromatic N) is 2. The fraction of sp³-hybridized carbons (Fsp3) is 0.467. The Hall–Kier alpha value is -2.66. The van der Waals surface area contributed by atoms with E-state index < -0.39 is 8.32 Å². The highest BCUT2D eigenvalue weighted by molar-refractivity contribution is 7.80. The van der Waals surface area contributed by atoms with Crippen LogP contribution in [0.1, 0.15) is 53.9 Å². The second-order valence-electron chi connectivity index (χ2n) is 11.2. The second-order valence-corrected chi connectivity index (χ2v) is 15.4. The van der Waals surface area contributed by atoms with Gasteiger partial charge in [-0.15, -0.1) is 0 Å². The van der Waals surface area contributed by atoms with Crippen molar-refractivity contribution in [2.45, 2.75) is 59.9 Å². The van der Waals surface area contributed by atoms with Gasteiger partial charge in [0.2, 0.25) is 0 Å². The third-order valence-electron chi connectivity index (χ3n) is 6.73. The summed E-state index contributed by atoms with van der Waals surface area (Å²) >= 11 is 10.7. The summed E-state index contributed by atoms with van der Waals surface area (Å²) in [5.74, 6) is 0.193. The number of rotatable bonds is 11. The van der Waals surface area contributed by atoms with E-state index in [4.69, 9.17) is 34.0 Å². The lowest BCUT2D eigenvalue weighted by molar-refractivity contribution is 0.281. The van der Waals surface area contributed by atoms with E-state index in [9.17, 15) is 0 Å². The van der Waals surface area contributed by atoms with Crippen LogP contribution < -0.4 is 31.9 Å². The number of hydrogen-bond acceptors (Lipinski definition) is 5. The number of benzene rings is 2. The maximum absolute atomic E-state index is 7.16. The van der Waals surface area contributed by atoms with Crippen LogP contribution in [0.25, 0.3) is 0 Å². The minimum atomic E-state index is -2.53. The summed E-state index contributed by atoms with van der Waals surface area (Å²) in [6.07, 6.45) is 2.59. The van der Waals surface area contributed by atoms with Gasteiger partial charge in [0.15, 0.2) is 10.2 Å². The van der Waals surface area contributed by atoms with Crippen molar-refractivity contribution >= 4 is 64.8 Å². The summed E-state index contributed by atoms with van der Waals surface area (Å²) in [5.41, 5.74) is 7.86. The number of hydrogen-bond donors (Lipinski definition) is 4. The third kappa shape index (κ3) is 9.19. The molecule has 1 saturated carbocycles. The molecule has 1 aliphatic rings. The zero-order chi connectivity index (χ0) is 29.0. The van der Waals surface area contributed by atoms with Gasteiger partial charge in [-0.05, 0) is 79.4 Å². The highest BCUT2D eigenvalue weighted by atomic mass is 32.1. The van der Waals surface area contributed by atoms with Crippen molar-refractivity contribution < 1.29 is 4.43 Å². The predicted octanol–water partition coefficient (Wildman–Crippen LogP) is 4.29. The molecule has 2 aromatic rings. The van der Waals surface area contributed by atoms with Gasteiger partial charge in [-0.1, -0.05) is 81.4 Å². The maximum Gasteiger partial charge on any atom is 0.256 e. The maximum atomic E-state index is 7.16. The predicted molar refractivity (Wildman–Crippen MR) is 179 cm³/mol. The molecule has 1 fully saturated rings. The van der Waals surface area contributed by atoms with E-state index in [1.807, 2.05) is 13.8 Å². The molecule has 0 saturated heterocycles. The Labute approximate surface area is 251 Å². The van der Waals surface area contributed by atoms with E-state index in [0.29, 0.717) is 16.8 Å². The van der Waals surface area contributed by atoms with E-state index in [-0.39, 0.29) is 11.3 Å². The molecule has 0 spiro atoms. The van der Waals surface area contributed by atoms with Crippen molar-refractivity contribution in [3.8, 4) is 0 Å². The first kappa shape index (κ1) is 31.9.